The lowest BCUT2D eigenvalue weighted by molar-refractivity contribution is 0.0665. The summed E-state index contributed by atoms with van der Waals surface area (Å²) >= 11 is 1.46. The van der Waals surface area contributed by atoms with Crippen LogP contribution in [0.3, 0.4) is 0 Å². The van der Waals surface area contributed by atoms with E-state index in [2.05, 4.69) is 15.0 Å². The maximum atomic E-state index is 12.3. The summed E-state index contributed by atoms with van der Waals surface area (Å²) < 4.78 is 0. The number of imidazole rings is 1. The highest BCUT2D eigenvalue weighted by atomic mass is 32.1. The van der Waals surface area contributed by atoms with Crippen LogP contribution in [0.4, 0.5) is 0 Å². The van der Waals surface area contributed by atoms with Crippen LogP contribution in [0, 0.1) is 6.92 Å². The zero-order valence-corrected chi connectivity index (χ0v) is 12.1. The Balaban J connectivity index is 2.24. The highest BCUT2D eigenvalue weighted by Gasteiger charge is 2.26. The van der Waals surface area contributed by atoms with Crippen LogP contribution in [0.5, 0.6) is 0 Å². The van der Waals surface area contributed by atoms with Gasteiger partial charge in [-0.15, -0.1) is 11.3 Å². The minimum Gasteiger partial charge on any atom is -0.477 e. The second kappa shape index (κ2) is 5.41. The number of carbonyl (C=O) groups excluding carboxylic acids is 1. The summed E-state index contributed by atoms with van der Waals surface area (Å²) in [7, 11) is 1.60. The van der Waals surface area contributed by atoms with Crippen LogP contribution in [0.2, 0.25) is 0 Å². The minimum atomic E-state index is -1.21. The Morgan fingerprint density at radius 3 is 2.75 bits per heavy atom. The average molecular weight is 294 g/mol. The van der Waals surface area contributed by atoms with Crippen LogP contribution in [-0.4, -0.2) is 43.9 Å². The van der Waals surface area contributed by atoms with Gasteiger partial charge in [0, 0.05) is 18.1 Å². The fourth-order valence-electron chi connectivity index (χ4n) is 1.69. The van der Waals surface area contributed by atoms with Crippen molar-refractivity contribution in [3.63, 3.8) is 0 Å². The molecule has 20 heavy (non-hydrogen) atoms. The van der Waals surface area contributed by atoms with Crippen molar-refractivity contribution in [3.05, 3.63) is 33.8 Å². The Kier molecular flexibility index (Phi) is 3.84. The Bertz CT molecular complexity index is 649. The Labute approximate surface area is 119 Å². The number of rotatable bonds is 4. The quantitative estimate of drug-likeness (QED) is 0.894. The molecule has 0 aliphatic carbocycles. The second-order valence-corrected chi connectivity index (χ2v) is 5.24. The van der Waals surface area contributed by atoms with Crippen LogP contribution in [0.1, 0.15) is 44.6 Å². The molecule has 2 rings (SSSR count). The normalized spacial score (nSPS) is 12.2. The molecule has 0 radical (unpaired) electrons. The van der Waals surface area contributed by atoms with Gasteiger partial charge in [0.2, 0.25) is 0 Å². The van der Waals surface area contributed by atoms with Crippen molar-refractivity contribution < 1.29 is 14.7 Å². The van der Waals surface area contributed by atoms with Gasteiger partial charge >= 0.3 is 5.97 Å². The number of H-pyrrole nitrogens is 1. The molecule has 2 heterocycles. The summed E-state index contributed by atoms with van der Waals surface area (Å²) in [6.45, 7) is 3.72. The van der Waals surface area contributed by atoms with Crippen LogP contribution in [-0.2, 0) is 0 Å². The van der Waals surface area contributed by atoms with Gasteiger partial charge in [0.05, 0.1) is 12.4 Å². The summed E-state index contributed by atoms with van der Waals surface area (Å²) in [4.78, 5) is 35.3. The van der Waals surface area contributed by atoms with Gasteiger partial charge in [-0.1, -0.05) is 0 Å². The van der Waals surface area contributed by atoms with E-state index in [1.807, 2.05) is 19.2 Å². The number of carbonyl (C=O) groups is 2. The molecule has 0 aromatic carbocycles. The first kappa shape index (κ1) is 14.2. The number of carboxylic acid groups (broad SMARTS) is 1. The molecule has 0 aliphatic rings. The third-order valence-electron chi connectivity index (χ3n) is 2.95. The molecule has 1 atom stereocenters. The summed E-state index contributed by atoms with van der Waals surface area (Å²) in [6, 6.07) is -0.250. The molecule has 0 fully saturated rings. The number of aromatic carboxylic acids is 1. The van der Waals surface area contributed by atoms with E-state index in [0.717, 1.165) is 10.7 Å². The molecule has 0 saturated carbocycles. The fourth-order valence-corrected chi connectivity index (χ4v) is 2.59. The van der Waals surface area contributed by atoms with E-state index < -0.39 is 11.9 Å². The maximum absolute atomic E-state index is 12.3. The molecule has 0 unspecified atom stereocenters. The first-order chi connectivity index (χ1) is 9.41. The molecule has 1 amide bonds. The molecular weight excluding hydrogens is 280 g/mol. The van der Waals surface area contributed by atoms with Crippen LogP contribution < -0.4 is 0 Å². The molecule has 8 heteroatoms. The first-order valence-electron chi connectivity index (χ1n) is 5.87. The number of hydrogen-bond acceptors (Lipinski definition) is 5. The van der Waals surface area contributed by atoms with Crippen molar-refractivity contribution in [2.75, 3.05) is 7.05 Å². The van der Waals surface area contributed by atoms with Crippen molar-refractivity contribution in [3.8, 4) is 0 Å². The lowest BCUT2D eigenvalue weighted by Gasteiger charge is -2.22. The molecule has 2 aromatic rings. The molecule has 2 aromatic heterocycles. The van der Waals surface area contributed by atoms with Gasteiger partial charge in [-0.25, -0.2) is 14.8 Å². The molecule has 0 saturated heterocycles. The highest BCUT2D eigenvalue weighted by Crippen LogP contribution is 2.24. The molecule has 106 valence electrons. The van der Waals surface area contributed by atoms with Gasteiger partial charge in [-0.05, 0) is 13.8 Å². The van der Waals surface area contributed by atoms with Gasteiger partial charge in [0.1, 0.15) is 5.01 Å². The predicted molar refractivity (Wildman–Crippen MR) is 72.9 cm³/mol. The third kappa shape index (κ3) is 2.55. The second-order valence-electron chi connectivity index (χ2n) is 4.35. The van der Waals surface area contributed by atoms with Crippen molar-refractivity contribution >= 4 is 23.2 Å². The monoisotopic (exact) mass is 294 g/mol. The van der Waals surface area contributed by atoms with Crippen LogP contribution >= 0.6 is 11.3 Å². The summed E-state index contributed by atoms with van der Waals surface area (Å²) in [5, 5.41) is 11.7. The Hall–Kier alpha value is -2.22. The van der Waals surface area contributed by atoms with Crippen LogP contribution in [0.25, 0.3) is 0 Å². The summed E-state index contributed by atoms with van der Waals surface area (Å²) in [5.41, 5.74) is 0.591. The zero-order chi connectivity index (χ0) is 14.9. The van der Waals surface area contributed by atoms with Crippen LogP contribution in [0.15, 0.2) is 11.7 Å². The largest absolute Gasteiger partial charge is 0.477 e. The molecule has 7 nitrogen and oxygen atoms in total. The molecule has 0 spiro atoms. The van der Waals surface area contributed by atoms with E-state index in [4.69, 9.17) is 5.11 Å². The minimum absolute atomic E-state index is 0.0971. The van der Waals surface area contributed by atoms with Crippen molar-refractivity contribution in [1.29, 1.82) is 0 Å². The fraction of sp³-hybridized carbons (Fsp3) is 0.333. The maximum Gasteiger partial charge on any atom is 0.354 e. The number of aromatic nitrogens is 3. The smallest absolute Gasteiger partial charge is 0.354 e. The summed E-state index contributed by atoms with van der Waals surface area (Å²) in [5.74, 6) is -1.67. The van der Waals surface area contributed by atoms with Gasteiger partial charge in [0.25, 0.3) is 5.91 Å². The average Bonchev–Trinajstić information content (AvgIpc) is 3.04. The zero-order valence-electron chi connectivity index (χ0n) is 11.2. The van der Waals surface area contributed by atoms with E-state index in [1.165, 1.54) is 22.6 Å². The number of thiazole rings is 1. The predicted octanol–water partition coefficient (Wildman–Crippen LogP) is 1.71. The molecular formula is C12H14N4O3S. The molecule has 2 N–H and O–H groups in total. The van der Waals surface area contributed by atoms with Gasteiger partial charge in [-0.2, -0.15) is 0 Å². The number of hydrogen-bond donors (Lipinski definition) is 2. The number of nitrogens with zero attached hydrogens (tertiary/aromatic N) is 3. The lowest BCUT2D eigenvalue weighted by atomic mass is 10.2. The standard InChI is InChI=1S/C12H14N4O3S/c1-6-4-20-10(15-6)7(2)16(3)11(17)8-9(12(18)19)14-5-13-8/h4-5,7H,1-3H3,(H,13,14)(H,18,19)/t7-/m1/s1. The van der Waals surface area contributed by atoms with E-state index >= 15 is 0 Å². The van der Waals surface area contributed by atoms with Crippen molar-refractivity contribution in [2.24, 2.45) is 0 Å². The Morgan fingerprint density at radius 2 is 2.20 bits per heavy atom. The molecule has 0 bridgehead atoms. The first-order valence-corrected chi connectivity index (χ1v) is 6.75. The van der Waals surface area contributed by atoms with E-state index in [9.17, 15) is 9.59 Å². The Morgan fingerprint density at radius 1 is 1.50 bits per heavy atom. The SMILES string of the molecule is Cc1csc([C@@H](C)N(C)C(=O)c2nc[nH]c2C(=O)O)n1. The molecule has 0 aliphatic heterocycles. The number of aryl methyl sites for hydroxylation is 1. The van der Waals surface area contributed by atoms with Crippen molar-refractivity contribution in [2.45, 2.75) is 19.9 Å². The van der Waals surface area contributed by atoms with Gasteiger partial charge in [0.15, 0.2) is 11.4 Å². The number of aromatic amines is 1. The van der Waals surface area contributed by atoms with E-state index in [1.54, 1.807) is 7.05 Å². The van der Waals surface area contributed by atoms with Gasteiger partial charge in [-0.3, -0.25) is 4.79 Å². The lowest BCUT2D eigenvalue weighted by Crippen LogP contribution is -2.31. The van der Waals surface area contributed by atoms with Crippen molar-refractivity contribution in [1.82, 2.24) is 19.9 Å². The number of nitrogens with one attached hydrogen (secondary N) is 1. The van der Waals surface area contributed by atoms with Gasteiger partial charge < -0.3 is 15.0 Å². The number of carboxylic acids is 1. The van der Waals surface area contributed by atoms with E-state index in [-0.39, 0.29) is 17.4 Å². The van der Waals surface area contributed by atoms with E-state index in [0.29, 0.717) is 0 Å². The topological polar surface area (TPSA) is 99.2 Å². The third-order valence-corrected chi connectivity index (χ3v) is 4.08. The number of amides is 1. The summed E-state index contributed by atoms with van der Waals surface area (Å²) in [6.07, 6.45) is 1.20. The highest BCUT2D eigenvalue weighted by molar-refractivity contribution is 7.09.